The molecule has 4 N–H and O–H groups in total. The summed E-state index contributed by atoms with van der Waals surface area (Å²) in [6, 6.07) is 19.0. The fourth-order valence-electron chi connectivity index (χ4n) is 5.73. The van der Waals surface area contributed by atoms with E-state index in [4.69, 9.17) is 0 Å². The van der Waals surface area contributed by atoms with Crippen LogP contribution in [-0.2, 0) is 21.7 Å². The Morgan fingerprint density at radius 2 is 1.79 bits per heavy atom. The van der Waals surface area contributed by atoms with E-state index in [1.807, 2.05) is 26.8 Å². The first kappa shape index (κ1) is 34.9. The highest BCUT2D eigenvalue weighted by molar-refractivity contribution is 9.10. The van der Waals surface area contributed by atoms with Gasteiger partial charge in [0.2, 0.25) is 5.91 Å². The molecule has 4 atom stereocenters. The third-order valence-corrected chi connectivity index (χ3v) is 10.8. The van der Waals surface area contributed by atoms with Gasteiger partial charge in [-0.15, -0.1) is 4.72 Å². The summed E-state index contributed by atoms with van der Waals surface area (Å²) in [4.78, 5) is 28.1. The van der Waals surface area contributed by atoms with Crippen molar-refractivity contribution in [3.8, 4) is 6.07 Å². The highest BCUT2D eigenvalue weighted by atomic mass is 79.9. The van der Waals surface area contributed by atoms with Crippen molar-refractivity contribution in [3.63, 3.8) is 0 Å². The number of nitriles is 1. The second-order valence-corrected chi connectivity index (χ2v) is 16.1. The first-order valence-corrected chi connectivity index (χ1v) is 17.6. The summed E-state index contributed by atoms with van der Waals surface area (Å²) in [5.41, 5.74) is 1.02. The van der Waals surface area contributed by atoms with E-state index in [2.05, 4.69) is 37.4 Å². The number of hydrogen-bond donors (Lipinski definition) is 4. The van der Waals surface area contributed by atoms with E-state index in [0.717, 1.165) is 23.7 Å². The van der Waals surface area contributed by atoms with Crippen LogP contribution in [0.1, 0.15) is 69.6 Å². The van der Waals surface area contributed by atoms with Crippen LogP contribution in [0, 0.1) is 23.1 Å². The summed E-state index contributed by atoms with van der Waals surface area (Å²) in [5, 5.41) is 25.6. The minimum atomic E-state index is -1.56. The number of aliphatic hydroxyl groups excluding tert-OH is 1. The van der Waals surface area contributed by atoms with Gasteiger partial charge in [0.25, 0.3) is 0 Å². The molecule has 3 amide bonds. The molecular weight excluding hydrogens is 685 g/mol. The fourth-order valence-corrected chi connectivity index (χ4v) is 6.96. The van der Waals surface area contributed by atoms with Crippen molar-refractivity contribution in [2.45, 2.75) is 75.3 Å². The monoisotopic (exact) mass is 723 g/mol. The van der Waals surface area contributed by atoms with Crippen molar-refractivity contribution in [1.82, 2.24) is 9.62 Å². The lowest BCUT2D eigenvalue weighted by Gasteiger charge is -2.39. The number of benzene rings is 3. The zero-order chi connectivity index (χ0) is 33.9. The molecule has 0 bridgehead atoms. The molecule has 0 radical (unpaired) electrons. The van der Waals surface area contributed by atoms with Gasteiger partial charge >= 0.3 is 6.03 Å². The van der Waals surface area contributed by atoms with E-state index in [1.165, 1.54) is 17.0 Å². The maximum atomic E-state index is 15.5. The molecule has 1 saturated carbocycles. The lowest BCUT2D eigenvalue weighted by Crippen LogP contribution is -2.52. The number of nitrogens with one attached hydrogen (secondary N) is 3. The van der Waals surface area contributed by atoms with Gasteiger partial charge in [-0.25, -0.2) is 9.18 Å². The van der Waals surface area contributed by atoms with Gasteiger partial charge in [-0.1, -0.05) is 47.0 Å². The number of carbonyl (C=O) groups is 2. The molecule has 1 unspecified atom stereocenters. The number of anilines is 2. The molecule has 3 aromatic rings. The van der Waals surface area contributed by atoms with E-state index in [-0.39, 0.29) is 18.7 Å². The summed E-state index contributed by atoms with van der Waals surface area (Å²) in [5.74, 6) is -0.823. The molecule has 248 valence electrons. The van der Waals surface area contributed by atoms with E-state index >= 15 is 4.39 Å². The standard InChI is InChI=1S/C35H39BrFN5O4S/c1-34(2,3)47(46)41-35(16-15-22-7-8-22,24-6-4-5-23(17-24)20-38)25-9-14-29(37)30(18-25)40-32(44)31-19-28(43)21-42(31)33(45)39-27-12-10-26(36)11-13-27/h4-6,9-14,17-18,22,28,31,41,43H,7-8,15-16,19,21H2,1-3H3,(H,39,45)(H,40,44)/t28-,31-,35?,47-/m1/s1. The number of aliphatic hydroxyl groups is 1. The van der Waals surface area contributed by atoms with E-state index in [1.54, 1.807) is 48.5 Å². The van der Waals surface area contributed by atoms with Crippen LogP contribution in [0.3, 0.4) is 0 Å². The van der Waals surface area contributed by atoms with Crippen LogP contribution >= 0.6 is 15.9 Å². The van der Waals surface area contributed by atoms with Crippen molar-refractivity contribution < 1.29 is 23.6 Å². The molecule has 2 aliphatic rings. The Labute approximate surface area is 286 Å². The smallest absolute Gasteiger partial charge is 0.322 e. The molecule has 1 saturated heterocycles. The number of rotatable bonds is 10. The Morgan fingerprint density at radius 1 is 1.09 bits per heavy atom. The van der Waals surface area contributed by atoms with Crippen LogP contribution in [0.15, 0.2) is 71.2 Å². The third-order valence-electron chi connectivity index (χ3n) is 8.59. The van der Waals surface area contributed by atoms with Crippen LogP contribution in [0.25, 0.3) is 0 Å². The average Bonchev–Trinajstić information content (AvgIpc) is 3.79. The molecule has 5 rings (SSSR count). The summed E-state index contributed by atoms with van der Waals surface area (Å²) < 4.78 is 32.8. The van der Waals surface area contributed by atoms with Gasteiger partial charge in [0, 0.05) is 34.5 Å². The molecule has 1 aliphatic heterocycles. The molecule has 1 heterocycles. The predicted octanol–water partition coefficient (Wildman–Crippen LogP) is 6.55. The number of amides is 3. The van der Waals surface area contributed by atoms with E-state index in [9.17, 15) is 24.5 Å². The Hall–Kier alpha value is -3.47. The number of nitrogens with zero attached hydrogens (tertiary/aromatic N) is 2. The summed E-state index contributed by atoms with van der Waals surface area (Å²) in [7, 11) is 0. The molecule has 1 aliphatic carbocycles. The quantitative estimate of drug-likeness (QED) is 0.175. The lowest BCUT2D eigenvalue weighted by atomic mass is 9.79. The van der Waals surface area contributed by atoms with Crippen LogP contribution in [0.4, 0.5) is 20.6 Å². The van der Waals surface area contributed by atoms with Gasteiger partial charge < -0.3 is 25.2 Å². The number of β-amino-alcohol motifs (C(OH)–C–C–N with tert-alkyl or cyclic N) is 1. The first-order chi connectivity index (χ1) is 22.3. The summed E-state index contributed by atoms with van der Waals surface area (Å²) in [6.07, 6.45) is 2.58. The topological polar surface area (TPSA) is 141 Å². The van der Waals surface area contributed by atoms with Crippen LogP contribution < -0.4 is 15.4 Å². The highest BCUT2D eigenvalue weighted by Crippen LogP contribution is 2.43. The molecular formula is C35H39BrFN5O4S. The fraction of sp³-hybridized carbons (Fsp3) is 0.400. The number of urea groups is 1. The lowest BCUT2D eigenvalue weighted by molar-refractivity contribution is -0.119. The minimum Gasteiger partial charge on any atom is -0.598 e. The van der Waals surface area contributed by atoms with Crippen LogP contribution in [0.5, 0.6) is 0 Å². The minimum absolute atomic E-state index is 0.0146. The molecule has 0 spiro atoms. The largest absolute Gasteiger partial charge is 0.598 e. The van der Waals surface area contributed by atoms with E-state index < -0.39 is 51.5 Å². The SMILES string of the molecule is CC(C)(C)[S@@+]([O-])NC(CCC1CC1)(c1cccc(C#N)c1)c1ccc(F)c(NC(=O)[C@H]2C[C@@H](O)CN2C(=O)Nc2ccc(Br)cc2)c1. The molecule has 47 heavy (non-hydrogen) atoms. The second kappa shape index (κ2) is 14.3. The zero-order valence-corrected chi connectivity index (χ0v) is 29.0. The summed E-state index contributed by atoms with van der Waals surface area (Å²) in [6.45, 7) is 5.51. The molecule has 9 nitrogen and oxygen atoms in total. The number of carbonyl (C=O) groups excluding carboxylic acids is 2. The summed E-state index contributed by atoms with van der Waals surface area (Å²) >= 11 is 1.79. The third kappa shape index (κ3) is 8.34. The van der Waals surface area contributed by atoms with Gasteiger partial charge in [0.15, 0.2) is 0 Å². The molecule has 3 aromatic carbocycles. The van der Waals surface area contributed by atoms with Crippen molar-refractivity contribution in [2.75, 3.05) is 17.2 Å². The van der Waals surface area contributed by atoms with Crippen LogP contribution in [-0.4, -0.2) is 49.9 Å². The number of likely N-dealkylation sites (tertiary alicyclic amines) is 1. The van der Waals surface area contributed by atoms with Crippen LogP contribution in [0.2, 0.25) is 0 Å². The second-order valence-electron chi connectivity index (χ2n) is 13.2. The Bertz CT molecular complexity index is 1660. The normalized spacial score (nSPS) is 19.8. The first-order valence-electron chi connectivity index (χ1n) is 15.6. The predicted molar refractivity (Wildman–Crippen MR) is 184 cm³/mol. The van der Waals surface area contributed by atoms with Gasteiger partial charge in [-0.2, -0.15) is 5.26 Å². The Balaban J connectivity index is 1.48. The Morgan fingerprint density at radius 3 is 2.45 bits per heavy atom. The molecule has 2 fully saturated rings. The maximum Gasteiger partial charge on any atom is 0.322 e. The number of hydrogen-bond acceptors (Lipinski definition) is 6. The maximum absolute atomic E-state index is 15.5. The highest BCUT2D eigenvalue weighted by Gasteiger charge is 2.44. The Kier molecular flexibility index (Phi) is 10.6. The molecule has 12 heteroatoms. The van der Waals surface area contributed by atoms with Crippen molar-refractivity contribution in [3.05, 3.63) is 93.7 Å². The van der Waals surface area contributed by atoms with Gasteiger partial charge in [0.05, 0.1) is 23.4 Å². The van der Waals surface area contributed by atoms with Gasteiger partial charge in [-0.05, 0) is 99.2 Å². The van der Waals surface area contributed by atoms with Crippen molar-refractivity contribution >= 4 is 50.6 Å². The van der Waals surface area contributed by atoms with Gasteiger partial charge in [0.1, 0.15) is 22.1 Å². The zero-order valence-electron chi connectivity index (χ0n) is 26.6. The average molecular weight is 725 g/mol. The van der Waals surface area contributed by atoms with Crippen molar-refractivity contribution in [1.29, 1.82) is 5.26 Å². The molecule has 0 aromatic heterocycles. The van der Waals surface area contributed by atoms with Gasteiger partial charge in [-0.3, -0.25) is 4.79 Å². The van der Waals surface area contributed by atoms with E-state index in [0.29, 0.717) is 34.7 Å². The van der Waals surface area contributed by atoms with Crippen molar-refractivity contribution in [2.24, 2.45) is 5.92 Å². The number of halogens is 2.